The summed E-state index contributed by atoms with van der Waals surface area (Å²) in [5, 5.41) is 3.24. The number of halogens is 1. The van der Waals surface area contributed by atoms with E-state index in [9.17, 15) is 0 Å². The molecule has 0 spiro atoms. The zero-order valence-corrected chi connectivity index (χ0v) is 10.00. The summed E-state index contributed by atoms with van der Waals surface area (Å²) in [5.41, 5.74) is 0. The molecule has 1 aromatic heterocycles. The Morgan fingerprint density at radius 3 is 2.92 bits per heavy atom. The normalized spacial score (nSPS) is 13.2. The van der Waals surface area contributed by atoms with E-state index in [-0.39, 0.29) is 6.10 Å². The highest BCUT2D eigenvalue weighted by Crippen LogP contribution is 2.09. The summed E-state index contributed by atoms with van der Waals surface area (Å²) in [6.45, 7) is 3.63. The van der Waals surface area contributed by atoms with Gasteiger partial charge in [-0.15, -0.1) is 0 Å². The molecule has 0 radical (unpaired) electrons. The largest absolute Gasteiger partial charge is 0.454 e. The van der Waals surface area contributed by atoms with Crippen molar-refractivity contribution in [1.29, 1.82) is 0 Å². The Bertz CT molecular complexity index is 250. The van der Waals surface area contributed by atoms with Crippen LogP contribution >= 0.6 is 22.6 Å². The fourth-order valence-corrected chi connectivity index (χ4v) is 1.39. The van der Waals surface area contributed by atoms with Crippen LogP contribution in [0.4, 0.5) is 0 Å². The molecule has 0 aliphatic rings. The van der Waals surface area contributed by atoms with Crippen LogP contribution in [-0.2, 0) is 11.3 Å². The van der Waals surface area contributed by atoms with Crippen molar-refractivity contribution < 1.29 is 9.15 Å². The molecule has 0 saturated heterocycles. The van der Waals surface area contributed by atoms with E-state index in [1.165, 1.54) is 0 Å². The number of nitrogens with one attached hydrogen (secondary N) is 1. The lowest BCUT2D eigenvalue weighted by Crippen LogP contribution is -2.25. The number of hydrogen-bond donors (Lipinski definition) is 1. The maximum atomic E-state index is 5.38. The van der Waals surface area contributed by atoms with Gasteiger partial charge in [-0.1, -0.05) is 0 Å². The molecule has 1 aromatic rings. The van der Waals surface area contributed by atoms with Crippen molar-refractivity contribution in [3.8, 4) is 0 Å². The van der Waals surface area contributed by atoms with E-state index < -0.39 is 0 Å². The van der Waals surface area contributed by atoms with Crippen LogP contribution in [0.2, 0.25) is 0 Å². The lowest BCUT2D eigenvalue weighted by Gasteiger charge is -2.09. The molecule has 1 atom stereocenters. The maximum Gasteiger partial charge on any atom is 0.164 e. The summed E-state index contributed by atoms with van der Waals surface area (Å²) in [5.74, 6) is 0.965. The zero-order chi connectivity index (χ0) is 9.68. The van der Waals surface area contributed by atoms with E-state index in [1.54, 1.807) is 7.11 Å². The molecule has 74 valence electrons. The first-order valence-electron chi connectivity index (χ1n) is 4.20. The van der Waals surface area contributed by atoms with Gasteiger partial charge < -0.3 is 14.5 Å². The quantitative estimate of drug-likeness (QED) is 0.844. The highest BCUT2D eigenvalue weighted by Gasteiger charge is 2.01. The third kappa shape index (κ3) is 4.10. The van der Waals surface area contributed by atoms with E-state index in [1.807, 2.05) is 19.1 Å². The Balaban J connectivity index is 2.20. The fourth-order valence-electron chi connectivity index (χ4n) is 0.929. The van der Waals surface area contributed by atoms with Gasteiger partial charge in [0.15, 0.2) is 3.77 Å². The Hall–Kier alpha value is -0.0700. The topological polar surface area (TPSA) is 34.4 Å². The van der Waals surface area contributed by atoms with Gasteiger partial charge in [-0.3, -0.25) is 0 Å². The average Bonchev–Trinajstić information content (AvgIpc) is 2.51. The SMILES string of the molecule is COC(C)CNCc1ccc(I)o1. The molecule has 0 fully saturated rings. The summed E-state index contributed by atoms with van der Waals surface area (Å²) >= 11 is 2.15. The van der Waals surface area contributed by atoms with Crippen LogP contribution in [0.5, 0.6) is 0 Å². The van der Waals surface area contributed by atoms with Crippen molar-refractivity contribution in [3.05, 3.63) is 21.7 Å². The second-order valence-electron chi connectivity index (χ2n) is 2.88. The summed E-state index contributed by atoms with van der Waals surface area (Å²) in [4.78, 5) is 0. The highest BCUT2D eigenvalue weighted by molar-refractivity contribution is 14.1. The minimum absolute atomic E-state index is 0.244. The number of ether oxygens (including phenoxy) is 1. The van der Waals surface area contributed by atoms with Crippen LogP contribution in [0.3, 0.4) is 0 Å². The Kier molecular flexibility index (Phi) is 4.76. The second kappa shape index (κ2) is 5.62. The highest BCUT2D eigenvalue weighted by atomic mass is 127. The van der Waals surface area contributed by atoms with Crippen LogP contribution in [0.25, 0.3) is 0 Å². The minimum atomic E-state index is 0.244. The number of furan rings is 1. The van der Waals surface area contributed by atoms with Crippen molar-refractivity contribution in [1.82, 2.24) is 5.32 Å². The number of hydrogen-bond acceptors (Lipinski definition) is 3. The van der Waals surface area contributed by atoms with Gasteiger partial charge in [0.05, 0.1) is 12.6 Å². The minimum Gasteiger partial charge on any atom is -0.454 e. The summed E-state index contributed by atoms with van der Waals surface area (Å²) in [6.07, 6.45) is 0.244. The lowest BCUT2D eigenvalue weighted by molar-refractivity contribution is 0.116. The molecule has 4 heteroatoms. The van der Waals surface area contributed by atoms with Crippen LogP contribution in [0, 0.1) is 3.77 Å². The van der Waals surface area contributed by atoms with Crippen molar-refractivity contribution in [2.45, 2.75) is 19.6 Å². The molecule has 0 aliphatic carbocycles. The van der Waals surface area contributed by atoms with Crippen LogP contribution in [-0.4, -0.2) is 19.8 Å². The molecule has 1 unspecified atom stereocenters. The third-order valence-corrected chi connectivity index (χ3v) is 2.34. The monoisotopic (exact) mass is 295 g/mol. The Morgan fingerprint density at radius 1 is 1.62 bits per heavy atom. The van der Waals surface area contributed by atoms with E-state index >= 15 is 0 Å². The van der Waals surface area contributed by atoms with E-state index in [0.717, 1.165) is 22.6 Å². The molecule has 1 heterocycles. The Morgan fingerprint density at radius 2 is 2.38 bits per heavy atom. The molecule has 0 bridgehead atoms. The molecule has 1 N–H and O–H groups in total. The summed E-state index contributed by atoms with van der Waals surface area (Å²) in [7, 11) is 1.71. The average molecular weight is 295 g/mol. The predicted molar refractivity (Wildman–Crippen MR) is 59.6 cm³/mol. The molecule has 3 nitrogen and oxygen atoms in total. The molecular formula is C9H14INO2. The van der Waals surface area contributed by atoms with Gasteiger partial charge in [0, 0.05) is 13.7 Å². The number of methoxy groups -OCH3 is 1. The molecule has 13 heavy (non-hydrogen) atoms. The molecule has 0 saturated carbocycles. The summed E-state index contributed by atoms with van der Waals surface area (Å²) in [6, 6.07) is 3.93. The van der Waals surface area contributed by atoms with Gasteiger partial charge in [-0.2, -0.15) is 0 Å². The van der Waals surface area contributed by atoms with E-state index in [0.29, 0.717) is 0 Å². The standard InChI is InChI=1S/C9H14INO2/c1-7(12-2)5-11-6-8-3-4-9(10)13-8/h3-4,7,11H,5-6H2,1-2H3. The van der Waals surface area contributed by atoms with Gasteiger partial charge >= 0.3 is 0 Å². The summed E-state index contributed by atoms with van der Waals surface area (Å²) < 4.78 is 11.4. The lowest BCUT2D eigenvalue weighted by atomic mass is 10.4. The first-order valence-corrected chi connectivity index (χ1v) is 5.28. The van der Waals surface area contributed by atoms with Gasteiger partial charge in [-0.25, -0.2) is 0 Å². The van der Waals surface area contributed by atoms with Crippen molar-refractivity contribution in [2.75, 3.05) is 13.7 Å². The molecule has 0 aromatic carbocycles. The molecule has 0 aliphatic heterocycles. The Labute approximate surface area is 92.0 Å². The van der Waals surface area contributed by atoms with E-state index in [2.05, 4.69) is 27.9 Å². The van der Waals surface area contributed by atoms with Gasteiger partial charge in [0.2, 0.25) is 0 Å². The first kappa shape index (κ1) is 11.0. The second-order valence-corrected chi connectivity index (χ2v) is 3.95. The van der Waals surface area contributed by atoms with Crippen molar-refractivity contribution in [3.63, 3.8) is 0 Å². The molecule has 1 rings (SSSR count). The van der Waals surface area contributed by atoms with E-state index in [4.69, 9.17) is 9.15 Å². The smallest absolute Gasteiger partial charge is 0.164 e. The fraction of sp³-hybridized carbons (Fsp3) is 0.556. The maximum absolute atomic E-state index is 5.38. The van der Waals surface area contributed by atoms with Gasteiger partial charge in [-0.05, 0) is 41.6 Å². The van der Waals surface area contributed by atoms with Gasteiger partial charge in [0.1, 0.15) is 5.76 Å². The zero-order valence-electron chi connectivity index (χ0n) is 7.84. The van der Waals surface area contributed by atoms with Gasteiger partial charge in [0.25, 0.3) is 0 Å². The third-order valence-electron chi connectivity index (χ3n) is 1.76. The predicted octanol–water partition coefficient (Wildman–Crippen LogP) is 2.01. The van der Waals surface area contributed by atoms with Crippen LogP contribution < -0.4 is 5.32 Å². The molecule has 0 amide bonds. The number of rotatable bonds is 5. The first-order chi connectivity index (χ1) is 6.22. The molecular weight excluding hydrogens is 281 g/mol. The van der Waals surface area contributed by atoms with Crippen molar-refractivity contribution in [2.24, 2.45) is 0 Å². The van der Waals surface area contributed by atoms with Crippen molar-refractivity contribution >= 4 is 22.6 Å². The van der Waals surface area contributed by atoms with Crippen LogP contribution in [0.15, 0.2) is 16.5 Å². The van der Waals surface area contributed by atoms with Crippen LogP contribution in [0.1, 0.15) is 12.7 Å².